The van der Waals surface area contributed by atoms with Crippen LogP contribution in [-0.4, -0.2) is 79.3 Å². The highest BCUT2D eigenvalue weighted by Crippen LogP contribution is 2.33. The van der Waals surface area contributed by atoms with Crippen molar-refractivity contribution >= 4 is 0 Å². The van der Waals surface area contributed by atoms with Crippen LogP contribution in [0.5, 0.6) is 0 Å². The summed E-state index contributed by atoms with van der Waals surface area (Å²) in [7, 11) is 2.19. The number of nitrogens with two attached hydrogens (primary N) is 1. The molecule has 1 atom stereocenters. The van der Waals surface area contributed by atoms with Crippen molar-refractivity contribution in [3.05, 3.63) is 0 Å². The van der Waals surface area contributed by atoms with E-state index in [2.05, 4.69) is 27.3 Å². The maximum absolute atomic E-state index is 6.07. The maximum atomic E-state index is 6.07. The van der Waals surface area contributed by atoms with Crippen LogP contribution in [0.25, 0.3) is 0 Å². The average molecular weight is 253 g/mol. The lowest BCUT2D eigenvalue weighted by molar-refractivity contribution is 0.0567. The molecule has 2 heterocycles. The van der Waals surface area contributed by atoms with Gasteiger partial charge >= 0.3 is 0 Å². The lowest BCUT2D eigenvalue weighted by Gasteiger charge is -2.40. The molecule has 3 rings (SSSR count). The zero-order valence-corrected chi connectivity index (χ0v) is 11.6. The molecule has 0 aromatic carbocycles. The second kappa shape index (κ2) is 5.06. The molecule has 2 aliphatic heterocycles. The number of hydrogen-bond acceptors (Lipinski definition) is 5. The number of hydrazine groups is 1. The molecule has 0 spiro atoms. The highest BCUT2D eigenvalue weighted by molar-refractivity contribution is 5.02. The van der Waals surface area contributed by atoms with Crippen molar-refractivity contribution in [2.45, 2.75) is 30.8 Å². The summed E-state index contributed by atoms with van der Waals surface area (Å²) in [5.41, 5.74) is 9.96. The minimum absolute atomic E-state index is 0.137. The number of likely N-dealkylation sites (tertiary alicyclic amines) is 1. The van der Waals surface area contributed by atoms with Crippen LogP contribution in [0, 0.1) is 0 Å². The van der Waals surface area contributed by atoms with Crippen LogP contribution in [0.2, 0.25) is 0 Å². The zero-order chi connectivity index (χ0) is 12.6. The fraction of sp³-hybridized carbons (Fsp3) is 1.00. The predicted molar refractivity (Wildman–Crippen MR) is 73.2 cm³/mol. The van der Waals surface area contributed by atoms with Crippen LogP contribution in [0.3, 0.4) is 0 Å². The molecule has 1 saturated carbocycles. The van der Waals surface area contributed by atoms with Crippen molar-refractivity contribution in [2.24, 2.45) is 5.73 Å². The molecule has 0 bridgehead atoms. The standard InChI is InChI=1S/C13H27N5/c1-16-6-8-18(9-7-16)15-13(10-14)4-5-17(11-13)12-2-3-12/h12,15H,2-11,14H2,1H3. The topological polar surface area (TPSA) is 47.8 Å². The van der Waals surface area contributed by atoms with Gasteiger partial charge in [0.05, 0.1) is 5.54 Å². The zero-order valence-electron chi connectivity index (χ0n) is 11.6. The first-order valence-corrected chi connectivity index (χ1v) is 7.36. The highest BCUT2D eigenvalue weighted by atomic mass is 15.6. The summed E-state index contributed by atoms with van der Waals surface area (Å²) in [6, 6.07) is 0.868. The van der Waals surface area contributed by atoms with Crippen LogP contribution in [0.4, 0.5) is 0 Å². The predicted octanol–water partition coefficient (Wildman–Crippen LogP) is -0.696. The molecular formula is C13H27N5. The lowest BCUT2D eigenvalue weighted by Crippen LogP contribution is -2.63. The lowest BCUT2D eigenvalue weighted by atomic mass is 10.00. The summed E-state index contributed by atoms with van der Waals surface area (Å²) in [5, 5.41) is 2.39. The average Bonchev–Trinajstić information content (AvgIpc) is 3.15. The number of rotatable bonds is 4. The molecular weight excluding hydrogens is 226 g/mol. The number of likely N-dealkylation sites (N-methyl/N-ethyl adjacent to an activating group) is 1. The molecule has 1 aliphatic carbocycles. The molecule has 18 heavy (non-hydrogen) atoms. The van der Waals surface area contributed by atoms with Crippen molar-refractivity contribution < 1.29 is 0 Å². The van der Waals surface area contributed by atoms with Gasteiger partial charge in [-0.25, -0.2) is 10.4 Å². The van der Waals surface area contributed by atoms with Crippen molar-refractivity contribution in [1.29, 1.82) is 0 Å². The van der Waals surface area contributed by atoms with Gasteiger partial charge in [-0.15, -0.1) is 0 Å². The second-order valence-electron chi connectivity index (χ2n) is 6.34. The largest absolute Gasteiger partial charge is 0.329 e. The molecule has 3 fully saturated rings. The first-order valence-electron chi connectivity index (χ1n) is 7.36. The van der Waals surface area contributed by atoms with E-state index in [-0.39, 0.29) is 5.54 Å². The van der Waals surface area contributed by atoms with Crippen LogP contribution < -0.4 is 11.2 Å². The Labute approximate surface area is 110 Å². The van der Waals surface area contributed by atoms with Gasteiger partial charge in [0.25, 0.3) is 0 Å². The Morgan fingerprint density at radius 2 is 1.89 bits per heavy atom. The SMILES string of the molecule is CN1CCN(NC2(CN)CCN(C3CC3)C2)CC1. The summed E-state index contributed by atoms with van der Waals surface area (Å²) < 4.78 is 0. The Balaban J connectivity index is 1.55. The van der Waals surface area contributed by atoms with E-state index in [1.54, 1.807) is 0 Å². The third kappa shape index (κ3) is 2.70. The highest BCUT2D eigenvalue weighted by Gasteiger charge is 2.43. The summed E-state index contributed by atoms with van der Waals surface area (Å²) >= 11 is 0. The Kier molecular flexibility index (Phi) is 3.60. The van der Waals surface area contributed by atoms with Gasteiger partial charge in [0.1, 0.15) is 0 Å². The summed E-state index contributed by atoms with van der Waals surface area (Å²) in [6.07, 6.45) is 4.00. The van der Waals surface area contributed by atoms with E-state index in [4.69, 9.17) is 5.73 Å². The molecule has 1 unspecified atom stereocenters. The van der Waals surface area contributed by atoms with Crippen molar-refractivity contribution in [1.82, 2.24) is 20.2 Å². The first-order chi connectivity index (χ1) is 8.71. The quantitative estimate of drug-likeness (QED) is 0.694. The molecule has 0 radical (unpaired) electrons. The monoisotopic (exact) mass is 253 g/mol. The van der Waals surface area contributed by atoms with Crippen molar-refractivity contribution in [3.63, 3.8) is 0 Å². The van der Waals surface area contributed by atoms with Gasteiger partial charge in [0.15, 0.2) is 0 Å². The normalized spacial score (nSPS) is 36.3. The smallest absolute Gasteiger partial charge is 0.0586 e. The van der Waals surface area contributed by atoms with Crippen molar-refractivity contribution in [2.75, 3.05) is 52.9 Å². The van der Waals surface area contributed by atoms with Crippen LogP contribution >= 0.6 is 0 Å². The molecule has 104 valence electrons. The molecule has 5 nitrogen and oxygen atoms in total. The van der Waals surface area contributed by atoms with Gasteiger partial charge in [-0.1, -0.05) is 0 Å². The van der Waals surface area contributed by atoms with Crippen LogP contribution in [-0.2, 0) is 0 Å². The van der Waals surface area contributed by atoms with E-state index in [0.29, 0.717) is 0 Å². The molecule has 3 aliphatic rings. The molecule has 0 aromatic heterocycles. The van der Waals surface area contributed by atoms with Gasteiger partial charge in [-0.3, -0.25) is 4.90 Å². The fourth-order valence-corrected chi connectivity index (χ4v) is 3.21. The van der Waals surface area contributed by atoms with Gasteiger partial charge in [-0.2, -0.15) is 0 Å². The number of hydrogen-bond donors (Lipinski definition) is 2. The van der Waals surface area contributed by atoms with Crippen molar-refractivity contribution in [3.8, 4) is 0 Å². The van der Waals surface area contributed by atoms with E-state index in [9.17, 15) is 0 Å². The maximum Gasteiger partial charge on any atom is 0.0586 e. The number of piperazine rings is 1. The van der Waals surface area contributed by atoms with Crippen LogP contribution in [0.1, 0.15) is 19.3 Å². The molecule has 5 heteroatoms. The number of nitrogens with zero attached hydrogens (tertiary/aromatic N) is 3. The number of nitrogens with one attached hydrogen (secondary N) is 1. The van der Waals surface area contributed by atoms with Gasteiger partial charge in [0, 0.05) is 51.9 Å². The van der Waals surface area contributed by atoms with Crippen LogP contribution in [0.15, 0.2) is 0 Å². The van der Waals surface area contributed by atoms with Gasteiger partial charge in [0.2, 0.25) is 0 Å². The van der Waals surface area contributed by atoms with E-state index < -0.39 is 0 Å². The van der Waals surface area contributed by atoms with E-state index in [0.717, 1.165) is 45.3 Å². The fourth-order valence-electron chi connectivity index (χ4n) is 3.21. The third-order valence-electron chi connectivity index (χ3n) is 4.74. The third-order valence-corrected chi connectivity index (χ3v) is 4.74. The Morgan fingerprint density at radius 1 is 1.17 bits per heavy atom. The van der Waals surface area contributed by atoms with Gasteiger partial charge < -0.3 is 10.6 Å². The molecule has 0 aromatic rings. The van der Waals surface area contributed by atoms with E-state index in [1.165, 1.54) is 25.8 Å². The summed E-state index contributed by atoms with van der Waals surface area (Å²) in [4.78, 5) is 5.02. The molecule has 0 amide bonds. The summed E-state index contributed by atoms with van der Waals surface area (Å²) in [6.45, 7) is 7.65. The Bertz CT molecular complexity index is 285. The molecule has 2 saturated heterocycles. The minimum Gasteiger partial charge on any atom is -0.329 e. The summed E-state index contributed by atoms with van der Waals surface area (Å²) in [5.74, 6) is 0. The first kappa shape index (κ1) is 12.8. The van der Waals surface area contributed by atoms with Gasteiger partial charge in [-0.05, 0) is 26.3 Å². The molecule has 3 N–H and O–H groups in total. The second-order valence-corrected chi connectivity index (χ2v) is 6.34. The van der Waals surface area contributed by atoms with E-state index >= 15 is 0 Å². The Morgan fingerprint density at radius 3 is 2.50 bits per heavy atom. The minimum atomic E-state index is 0.137. The Hall–Kier alpha value is -0.200. The van der Waals surface area contributed by atoms with E-state index in [1.807, 2.05) is 0 Å².